The number of aryl methyl sites for hydroxylation is 1. The molecule has 1 heterocycles. The van der Waals surface area contributed by atoms with Crippen LogP contribution in [0.5, 0.6) is 5.75 Å². The summed E-state index contributed by atoms with van der Waals surface area (Å²) in [5.41, 5.74) is 0.911. The fraction of sp³-hybridized carbons (Fsp3) is 0.375. The normalized spacial score (nSPS) is 12.4. The molecule has 1 aromatic carbocycles. The van der Waals surface area contributed by atoms with Crippen molar-refractivity contribution in [3.8, 4) is 5.75 Å². The van der Waals surface area contributed by atoms with E-state index in [4.69, 9.17) is 4.74 Å². The molecule has 1 aromatic heterocycles. The van der Waals surface area contributed by atoms with Crippen LogP contribution in [0.15, 0.2) is 36.4 Å². The van der Waals surface area contributed by atoms with E-state index in [-0.39, 0.29) is 0 Å². The molecule has 0 aliphatic heterocycles. The summed E-state index contributed by atoms with van der Waals surface area (Å²) < 4.78 is 5.54. The number of thiophene rings is 1. The van der Waals surface area contributed by atoms with Gasteiger partial charge in [-0.25, -0.2) is 0 Å². The molecule has 102 valence electrons. The second-order valence-electron chi connectivity index (χ2n) is 4.48. The number of ether oxygens (including phenoxy) is 1. The average Bonchev–Trinajstić information content (AvgIpc) is 2.94. The van der Waals surface area contributed by atoms with E-state index in [1.165, 1.54) is 4.88 Å². The lowest BCUT2D eigenvalue weighted by atomic mass is 10.1. The van der Waals surface area contributed by atoms with Gasteiger partial charge in [-0.1, -0.05) is 26.0 Å². The highest BCUT2D eigenvalue weighted by molar-refractivity contribution is 7.12. The third kappa shape index (κ3) is 3.58. The van der Waals surface area contributed by atoms with Crippen molar-refractivity contribution >= 4 is 11.3 Å². The molecule has 0 saturated heterocycles. The standard InChI is InChI=1S/C16H20O2S/c1-3-11-18-13-7-5-12(6-8-13)16(17)15-10-9-14(4-2)19-15/h5-10,16-17H,3-4,11H2,1-2H3. The van der Waals surface area contributed by atoms with Crippen molar-refractivity contribution in [2.45, 2.75) is 32.8 Å². The van der Waals surface area contributed by atoms with E-state index in [9.17, 15) is 5.11 Å². The lowest BCUT2D eigenvalue weighted by Crippen LogP contribution is -1.98. The maximum Gasteiger partial charge on any atom is 0.119 e. The molecule has 2 rings (SSSR count). The minimum absolute atomic E-state index is 0.537. The van der Waals surface area contributed by atoms with E-state index in [2.05, 4.69) is 19.9 Å². The van der Waals surface area contributed by atoms with Crippen molar-refractivity contribution in [2.75, 3.05) is 6.61 Å². The first-order valence-corrected chi connectivity index (χ1v) is 7.55. The first-order chi connectivity index (χ1) is 9.24. The molecule has 1 unspecified atom stereocenters. The van der Waals surface area contributed by atoms with Crippen LogP contribution in [0.4, 0.5) is 0 Å². The first kappa shape index (κ1) is 14.1. The Balaban J connectivity index is 2.08. The Bertz CT molecular complexity index is 502. The maximum absolute atomic E-state index is 10.3. The molecule has 2 aromatic rings. The monoisotopic (exact) mass is 276 g/mol. The van der Waals surface area contributed by atoms with Gasteiger partial charge in [-0.15, -0.1) is 11.3 Å². The van der Waals surface area contributed by atoms with Gasteiger partial charge in [-0.2, -0.15) is 0 Å². The van der Waals surface area contributed by atoms with Crippen LogP contribution in [0.25, 0.3) is 0 Å². The summed E-state index contributed by atoms with van der Waals surface area (Å²) in [6.07, 6.45) is 1.48. The molecule has 0 spiro atoms. The van der Waals surface area contributed by atoms with Gasteiger partial charge in [0.05, 0.1) is 6.61 Å². The predicted molar refractivity (Wildman–Crippen MR) is 80.0 cm³/mol. The van der Waals surface area contributed by atoms with Gasteiger partial charge < -0.3 is 9.84 Å². The van der Waals surface area contributed by atoms with Crippen LogP contribution >= 0.6 is 11.3 Å². The van der Waals surface area contributed by atoms with E-state index in [0.717, 1.165) is 35.6 Å². The van der Waals surface area contributed by atoms with E-state index in [1.807, 2.05) is 30.3 Å². The lowest BCUT2D eigenvalue weighted by molar-refractivity contribution is 0.224. The Morgan fingerprint density at radius 1 is 1.11 bits per heavy atom. The van der Waals surface area contributed by atoms with Crippen LogP contribution in [0.1, 0.15) is 41.7 Å². The Kier molecular flexibility index (Phi) is 5.00. The molecule has 0 aliphatic rings. The minimum atomic E-state index is -0.537. The molecule has 0 aliphatic carbocycles. The zero-order valence-electron chi connectivity index (χ0n) is 11.4. The average molecular weight is 276 g/mol. The van der Waals surface area contributed by atoms with Crippen molar-refractivity contribution in [3.63, 3.8) is 0 Å². The Labute approximate surface area is 118 Å². The van der Waals surface area contributed by atoms with E-state index >= 15 is 0 Å². The van der Waals surface area contributed by atoms with Gasteiger partial charge in [0.2, 0.25) is 0 Å². The molecule has 3 heteroatoms. The molecule has 2 nitrogen and oxygen atoms in total. The minimum Gasteiger partial charge on any atom is -0.494 e. The Morgan fingerprint density at radius 3 is 2.42 bits per heavy atom. The maximum atomic E-state index is 10.3. The largest absolute Gasteiger partial charge is 0.494 e. The SMILES string of the molecule is CCCOc1ccc(C(O)c2ccc(CC)s2)cc1. The third-order valence-corrected chi connectivity index (χ3v) is 4.25. The van der Waals surface area contributed by atoms with E-state index in [1.54, 1.807) is 11.3 Å². The van der Waals surface area contributed by atoms with Gasteiger partial charge in [0.15, 0.2) is 0 Å². The van der Waals surface area contributed by atoms with Crippen molar-refractivity contribution in [3.05, 3.63) is 51.7 Å². The highest BCUT2D eigenvalue weighted by atomic mass is 32.1. The molecular formula is C16H20O2S. The van der Waals surface area contributed by atoms with Crippen LogP contribution in [0.3, 0.4) is 0 Å². The molecule has 1 N–H and O–H groups in total. The zero-order chi connectivity index (χ0) is 13.7. The van der Waals surface area contributed by atoms with Crippen LogP contribution in [0, 0.1) is 0 Å². The number of hydrogen-bond donors (Lipinski definition) is 1. The van der Waals surface area contributed by atoms with Gasteiger partial charge in [-0.05, 0) is 42.7 Å². The second-order valence-corrected chi connectivity index (χ2v) is 5.68. The summed E-state index contributed by atoms with van der Waals surface area (Å²) in [5.74, 6) is 0.859. The molecule has 0 radical (unpaired) electrons. The fourth-order valence-electron chi connectivity index (χ4n) is 1.86. The van der Waals surface area contributed by atoms with Gasteiger partial charge in [0.1, 0.15) is 11.9 Å². The summed E-state index contributed by atoms with van der Waals surface area (Å²) in [6, 6.07) is 11.8. The lowest BCUT2D eigenvalue weighted by Gasteiger charge is -2.10. The summed E-state index contributed by atoms with van der Waals surface area (Å²) in [6.45, 7) is 4.94. The van der Waals surface area contributed by atoms with Crippen molar-refractivity contribution in [2.24, 2.45) is 0 Å². The number of benzene rings is 1. The van der Waals surface area contributed by atoms with Gasteiger partial charge in [0.25, 0.3) is 0 Å². The fourth-order valence-corrected chi connectivity index (χ4v) is 2.83. The van der Waals surface area contributed by atoms with Gasteiger partial charge >= 0.3 is 0 Å². The van der Waals surface area contributed by atoms with Crippen molar-refractivity contribution < 1.29 is 9.84 Å². The molecule has 0 fully saturated rings. The van der Waals surface area contributed by atoms with Gasteiger partial charge in [-0.3, -0.25) is 0 Å². The number of hydrogen-bond acceptors (Lipinski definition) is 3. The van der Waals surface area contributed by atoms with Crippen LogP contribution < -0.4 is 4.74 Å². The smallest absolute Gasteiger partial charge is 0.119 e. The van der Waals surface area contributed by atoms with Crippen molar-refractivity contribution in [1.29, 1.82) is 0 Å². The summed E-state index contributed by atoms with van der Waals surface area (Å²) >= 11 is 1.67. The Hall–Kier alpha value is -1.32. The van der Waals surface area contributed by atoms with E-state index < -0.39 is 6.10 Å². The molecule has 0 saturated carbocycles. The number of aliphatic hydroxyl groups excluding tert-OH is 1. The zero-order valence-corrected chi connectivity index (χ0v) is 12.2. The molecule has 1 atom stereocenters. The second kappa shape index (κ2) is 6.73. The van der Waals surface area contributed by atoms with Crippen molar-refractivity contribution in [1.82, 2.24) is 0 Å². The van der Waals surface area contributed by atoms with Crippen LogP contribution in [-0.2, 0) is 6.42 Å². The quantitative estimate of drug-likeness (QED) is 0.857. The molecule has 0 amide bonds. The highest BCUT2D eigenvalue weighted by Gasteiger charge is 2.12. The summed E-state index contributed by atoms with van der Waals surface area (Å²) in [7, 11) is 0. The molecule has 0 bridgehead atoms. The summed E-state index contributed by atoms with van der Waals surface area (Å²) in [5, 5.41) is 10.3. The Morgan fingerprint density at radius 2 is 1.84 bits per heavy atom. The summed E-state index contributed by atoms with van der Waals surface area (Å²) in [4.78, 5) is 2.30. The van der Waals surface area contributed by atoms with Gasteiger partial charge in [0, 0.05) is 9.75 Å². The van der Waals surface area contributed by atoms with Crippen LogP contribution in [0.2, 0.25) is 0 Å². The van der Waals surface area contributed by atoms with Crippen LogP contribution in [-0.4, -0.2) is 11.7 Å². The molecular weight excluding hydrogens is 256 g/mol. The molecule has 19 heavy (non-hydrogen) atoms. The first-order valence-electron chi connectivity index (χ1n) is 6.74. The van der Waals surface area contributed by atoms with E-state index in [0.29, 0.717) is 0 Å². The number of rotatable bonds is 6. The third-order valence-electron chi connectivity index (χ3n) is 2.97. The highest BCUT2D eigenvalue weighted by Crippen LogP contribution is 2.29. The topological polar surface area (TPSA) is 29.5 Å². The predicted octanol–water partition coefficient (Wildman–Crippen LogP) is 4.18. The number of aliphatic hydroxyl groups is 1.